The quantitative estimate of drug-likeness (QED) is 0.902. The molecule has 2 fully saturated rings. The molecule has 0 aromatic heterocycles. The second-order valence-electron chi connectivity index (χ2n) is 6.44. The van der Waals surface area contributed by atoms with Gasteiger partial charge >= 0.3 is 0 Å². The van der Waals surface area contributed by atoms with Crippen LogP contribution in [0.3, 0.4) is 0 Å². The number of amides is 1. The van der Waals surface area contributed by atoms with Crippen LogP contribution in [0, 0.1) is 0 Å². The first-order valence-corrected chi connectivity index (χ1v) is 8.45. The van der Waals surface area contributed by atoms with Crippen molar-refractivity contribution in [1.29, 1.82) is 0 Å². The number of ether oxygens (including phenoxy) is 2. The van der Waals surface area contributed by atoms with Crippen molar-refractivity contribution in [3.63, 3.8) is 0 Å². The fourth-order valence-electron chi connectivity index (χ4n) is 3.67. The Balaban J connectivity index is 1.77. The number of nitrogens with one attached hydrogen (secondary N) is 1. The molecule has 3 rings (SSSR count). The van der Waals surface area contributed by atoms with E-state index in [9.17, 15) is 4.79 Å². The number of nitrogens with zero attached hydrogens (tertiary/aromatic N) is 1. The Morgan fingerprint density at radius 3 is 2.78 bits per heavy atom. The highest BCUT2D eigenvalue weighted by Crippen LogP contribution is 2.37. The SMILES string of the molecule is COCCC(=O)N(c1ccccc1)[C@H]1COC2(CCNCC2)C1. The van der Waals surface area contributed by atoms with Gasteiger partial charge in [-0.1, -0.05) is 18.2 Å². The summed E-state index contributed by atoms with van der Waals surface area (Å²) in [5, 5.41) is 3.39. The van der Waals surface area contributed by atoms with Gasteiger partial charge in [0.05, 0.1) is 31.3 Å². The van der Waals surface area contributed by atoms with E-state index in [1.807, 2.05) is 35.2 Å². The number of rotatable bonds is 5. The molecule has 0 unspecified atom stereocenters. The number of hydrogen-bond donors (Lipinski definition) is 1. The molecular weight excluding hydrogens is 292 g/mol. The first kappa shape index (κ1) is 16.4. The summed E-state index contributed by atoms with van der Waals surface area (Å²) in [4.78, 5) is 14.7. The van der Waals surface area contributed by atoms with Gasteiger partial charge in [0, 0.05) is 12.8 Å². The Kier molecular flexibility index (Phi) is 5.30. The van der Waals surface area contributed by atoms with E-state index in [1.165, 1.54) is 0 Å². The molecule has 1 N–H and O–H groups in total. The van der Waals surface area contributed by atoms with E-state index >= 15 is 0 Å². The van der Waals surface area contributed by atoms with Crippen molar-refractivity contribution in [3.8, 4) is 0 Å². The van der Waals surface area contributed by atoms with Gasteiger partial charge < -0.3 is 19.7 Å². The number of hydrogen-bond acceptors (Lipinski definition) is 4. The van der Waals surface area contributed by atoms with E-state index in [2.05, 4.69) is 5.32 Å². The molecule has 1 aromatic rings. The van der Waals surface area contributed by atoms with Crippen molar-refractivity contribution in [1.82, 2.24) is 5.32 Å². The zero-order valence-electron chi connectivity index (χ0n) is 13.8. The molecule has 2 aliphatic heterocycles. The minimum absolute atomic E-state index is 0.0511. The van der Waals surface area contributed by atoms with Gasteiger partial charge in [-0.15, -0.1) is 0 Å². The number of piperidine rings is 1. The summed E-state index contributed by atoms with van der Waals surface area (Å²) in [7, 11) is 1.63. The van der Waals surface area contributed by atoms with E-state index in [0.29, 0.717) is 19.6 Å². The second kappa shape index (κ2) is 7.43. The van der Waals surface area contributed by atoms with E-state index < -0.39 is 0 Å². The Morgan fingerprint density at radius 2 is 2.09 bits per heavy atom. The first-order chi connectivity index (χ1) is 11.2. The first-order valence-electron chi connectivity index (χ1n) is 8.45. The highest BCUT2D eigenvalue weighted by molar-refractivity contribution is 5.94. The lowest BCUT2D eigenvalue weighted by molar-refractivity contribution is -0.120. The van der Waals surface area contributed by atoms with E-state index in [-0.39, 0.29) is 17.6 Å². The van der Waals surface area contributed by atoms with Crippen molar-refractivity contribution in [2.24, 2.45) is 0 Å². The van der Waals surface area contributed by atoms with Crippen molar-refractivity contribution in [3.05, 3.63) is 30.3 Å². The van der Waals surface area contributed by atoms with Gasteiger partial charge in [-0.05, 0) is 44.5 Å². The van der Waals surface area contributed by atoms with Crippen LogP contribution in [0.4, 0.5) is 5.69 Å². The maximum atomic E-state index is 12.7. The third-order valence-electron chi connectivity index (χ3n) is 4.89. The van der Waals surface area contributed by atoms with Crippen LogP contribution in [0.25, 0.3) is 0 Å². The standard InChI is InChI=1S/C18H26N2O3/c1-22-12-7-17(21)20(15-5-3-2-4-6-15)16-13-18(23-14-16)8-10-19-11-9-18/h2-6,16,19H,7-14H2,1H3/t16-/m1/s1. The monoisotopic (exact) mass is 318 g/mol. The molecule has 23 heavy (non-hydrogen) atoms. The fourth-order valence-corrected chi connectivity index (χ4v) is 3.67. The lowest BCUT2D eigenvalue weighted by Crippen LogP contribution is -2.44. The summed E-state index contributed by atoms with van der Waals surface area (Å²) in [6, 6.07) is 10.0. The number of carbonyl (C=O) groups is 1. The zero-order chi connectivity index (χ0) is 16.1. The van der Waals surface area contributed by atoms with Crippen molar-refractivity contribution in [2.45, 2.75) is 37.3 Å². The maximum Gasteiger partial charge on any atom is 0.229 e. The molecule has 1 amide bonds. The second-order valence-corrected chi connectivity index (χ2v) is 6.44. The summed E-state index contributed by atoms with van der Waals surface area (Å²) < 4.78 is 11.3. The Bertz CT molecular complexity index is 514. The molecule has 2 saturated heterocycles. The molecule has 2 aliphatic rings. The van der Waals surface area contributed by atoms with Gasteiger partial charge in [0.1, 0.15) is 0 Å². The molecule has 0 bridgehead atoms. The molecule has 0 aliphatic carbocycles. The Labute approximate surface area is 137 Å². The average molecular weight is 318 g/mol. The molecule has 126 valence electrons. The van der Waals surface area contributed by atoms with Gasteiger partial charge in [0.15, 0.2) is 0 Å². The minimum atomic E-state index is -0.0511. The van der Waals surface area contributed by atoms with Crippen LogP contribution in [0.2, 0.25) is 0 Å². The van der Waals surface area contributed by atoms with E-state index in [1.54, 1.807) is 7.11 Å². The molecule has 1 aromatic carbocycles. The van der Waals surface area contributed by atoms with Gasteiger partial charge in [-0.2, -0.15) is 0 Å². The summed E-state index contributed by atoms with van der Waals surface area (Å²) in [6.45, 7) is 3.06. The predicted octanol–water partition coefficient (Wildman–Crippen LogP) is 1.97. The van der Waals surface area contributed by atoms with Gasteiger partial charge in [0.2, 0.25) is 5.91 Å². The van der Waals surface area contributed by atoms with Crippen LogP contribution < -0.4 is 10.2 Å². The maximum absolute atomic E-state index is 12.7. The number of benzene rings is 1. The van der Waals surface area contributed by atoms with E-state index in [4.69, 9.17) is 9.47 Å². The summed E-state index contributed by atoms with van der Waals surface area (Å²) >= 11 is 0. The van der Waals surface area contributed by atoms with Crippen molar-refractivity contribution in [2.75, 3.05) is 38.3 Å². The summed E-state index contributed by atoms with van der Waals surface area (Å²) in [5.74, 6) is 0.109. The number of methoxy groups -OCH3 is 1. The predicted molar refractivity (Wildman–Crippen MR) is 89.6 cm³/mol. The molecular formula is C18H26N2O3. The Hall–Kier alpha value is -1.43. The van der Waals surface area contributed by atoms with Crippen LogP contribution >= 0.6 is 0 Å². The zero-order valence-corrected chi connectivity index (χ0v) is 13.8. The third-order valence-corrected chi connectivity index (χ3v) is 4.89. The van der Waals surface area contributed by atoms with Crippen molar-refractivity contribution >= 4 is 11.6 Å². The largest absolute Gasteiger partial charge is 0.384 e. The van der Waals surface area contributed by atoms with Crippen LogP contribution in [-0.4, -0.2) is 51.0 Å². The lowest BCUT2D eigenvalue weighted by atomic mass is 9.88. The molecule has 2 heterocycles. The minimum Gasteiger partial charge on any atom is -0.384 e. The van der Waals surface area contributed by atoms with Crippen molar-refractivity contribution < 1.29 is 14.3 Å². The van der Waals surface area contributed by atoms with Gasteiger partial charge in [-0.25, -0.2) is 0 Å². The summed E-state index contributed by atoms with van der Waals surface area (Å²) in [6.07, 6.45) is 3.37. The average Bonchev–Trinajstić information content (AvgIpc) is 2.98. The van der Waals surface area contributed by atoms with Crippen LogP contribution in [-0.2, 0) is 14.3 Å². The van der Waals surface area contributed by atoms with Gasteiger partial charge in [-0.3, -0.25) is 4.79 Å². The molecule has 5 heteroatoms. The third kappa shape index (κ3) is 3.74. The molecule has 0 radical (unpaired) electrons. The highest BCUT2D eigenvalue weighted by atomic mass is 16.5. The topological polar surface area (TPSA) is 50.8 Å². The lowest BCUT2D eigenvalue weighted by Gasteiger charge is -2.34. The Morgan fingerprint density at radius 1 is 1.35 bits per heavy atom. The normalized spacial score (nSPS) is 23.1. The van der Waals surface area contributed by atoms with Crippen LogP contribution in [0.1, 0.15) is 25.7 Å². The number of carbonyl (C=O) groups excluding carboxylic acids is 1. The highest BCUT2D eigenvalue weighted by Gasteiger charge is 2.44. The number of anilines is 1. The molecule has 1 atom stereocenters. The van der Waals surface area contributed by atoms with Gasteiger partial charge in [0.25, 0.3) is 0 Å². The molecule has 5 nitrogen and oxygen atoms in total. The number of para-hydroxylation sites is 1. The van der Waals surface area contributed by atoms with E-state index in [0.717, 1.165) is 38.0 Å². The van der Waals surface area contributed by atoms with Crippen LogP contribution in [0.5, 0.6) is 0 Å². The molecule has 1 spiro atoms. The summed E-state index contributed by atoms with van der Waals surface area (Å²) in [5.41, 5.74) is 0.901. The molecule has 0 saturated carbocycles. The smallest absolute Gasteiger partial charge is 0.229 e. The fraction of sp³-hybridized carbons (Fsp3) is 0.611. The van der Waals surface area contributed by atoms with Crippen LogP contribution in [0.15, 0.2) is 30.3 Å².